The van der Waals surface area contributed by atoms with Crippen LogP contribution < -0.4 is 0 Å². The molecule has 0 radical (unpaired) electrons. The SMILES string of the molecule is C1OCC2C1C1OCC3C4CN(C4)C321. The largest absolute Gasteiger partial charge is 0.381 e. The zero-order chi connectivity index (χ0) is 8.91. The molecule has 0 amide bonds. The van der Waals surface area contributed by atoms with Crippen molar-refractivity contribution in [3.63, 3.8) is 0 Å². The summed E-state index contributed by atoms with van der Waals surface area (Å²) in [5.41, 5.74) is 0.464. The van der Waals surface area contributed by atoms with E-state index in [9.17, 15) is 0 Å². The molecule has 1 saturated carbocycles. The smallest absolute Gasteiger partial charge is 0.0820 e. The van der Waals surface area contributed by atoms with Gasteiger partial charge in [-0.25, -0.2) is 0 Å². The molecule has 5 saturated heterocycles. The van der Waals surface area contributed by atoms with Crippen molar-refractivity contribution in [2.24, 2.45) is 23.7 Å². The minimum absolute atomic E-state index is 0.464. The first-order chi connectivity index (χ1) is 6.92. The Bertz CT molecular complexity index is 306. The summed E-state index contributed by atoms with van der Waals surface area (Å²) >= 11 is 0. The summed E-state index contributed by atoms with van der Waals surface area (Å²) in [5, 5.41) is 0. The highest BCUT2D eigenvalue weighted by Crippen LogP contribution is 2.67. The maximum Gasteiger partial charge on any atom is 0.0820 e. The van der Waals surface area contributed by atoms with Gasteiger partial charge in [-0.3, -0.25) is 4.90 Å². The highest BCUT2D eigenvalue weighted by atomic mass is 16.5. The van der Waals surface area contributed by atoms with E-state index in [1.54, 1.807) is 0 Å². The van der Waals surface area contributed by atoms with Crippen molar-refractivity contribution in [1.29, 1.82) is 0 Å². The van der Waals surface area contributed by atoms with E-state index >= 15 is 0 Å². The molecule has 5 aliphatic heterocycles. The number of nitrogens with zero attached hydrogens (tertiary/aromatic N) is 1. The molecule has 6 aliphatic rings. The van der Waals surface area contributed by atoms with Gasteiger partial charge in [0, 0.05) is 30.8 Å². The lowest BCUT2D eigenvalue weighted by atomic mass is 9.55. The van der Waals surface area contributed by atoms with Crippen LogP contribution in [0.4, 0.5) is 0 Å². The maximum absolute atomic E-state index is 6.00. The second kappa shape index (κ2) is 1.91. The van der Waals surface area contributed by atoms with E-state index in [2.05, 4.69) is 4.90 Å². The Morgan fingerprint density at radius 3 is 2.93 bits per heavy atom. The highest BCUT2D eigenvalue weighted by Gasteiger charge is 2.79. The number of fused-ring (bicyclic) bond motifs is 2. The first-order valence-corrected chi connectivity index (χ1v) is 5.87. The summed E-state index contributed by atoms with van der Waals surface area (Å²) in [7, 11) is 0. The number of hydrogen-bond donors (Lipinski definition) is 0. The van der Waals surface area contributed by atoms with E-state index in [0.29, 0.717) is 11.6 Å². The van der Waals surface area contributed by atoms with Gasteiger partial charge in [-0.15, -0.1) is 0 Å². The molecule has 0 N–H and O–H groups in total. The Labute approximate surface area is 83.3 Å². The summed E-state index contributed by atoms with van der Waals surface area (Å²) in [6.45, 7) is 5.72. The summed E-state index contributed by atoms with van der Waals surface area (Å²) < 4.78 is 11.6. The van der Waals surface area contributed by atoms with Crippen molar-refractivity contribution in [1.82, 2.24) is 4.90 Å². The van der Waals surface area contributed by atoms with Gasteiger partial charge in [0.15, 0.2) is 0 Å². The van der Waals surface area contributed by atoms with Gasteiger partial charge in [0.05, 0.1) is 31.5 Å². The van der Waals surface area contributed by atoms with Crippen LogP contribution in [-0.4, -0.2) is 49.5 Å². The van der Waals surface area contributed by atoms with Crippen LogP contribution in [0.5, 0.6) is 0 Å². The molecule has 2 bridgehead atoms. The highest BCUT2D eigenvalue weighted by molar-refractivity contribution is 5.30. The van der Waals surface area contributed by atoms with Crippen molar-refractivity contribution in [3.05, 3.63) is 0 Å². The van der Waals surface area contributed by atoms with Gasteiger partial charge < -0.3 is 9.47 Å². The lowest BCUT2D eigenvalue weighted by Crippen LogP contribution is -2.71. The first-order valence-electron chi connectivity index (χ1n) is 5.87. The third kappa shape index (κ3) is 0.467. The lowest BCUT2D eigenvalue weighted by Gasteiger charge is -2.57. The lowest BCUT2D eigenvalue weighted by molar-refractivity contribution is -0.145. The van der Waals surface area contributed by atoms with Crippen LogP contribution in [-0.2, 0) is 9.47 Å². The summed E-state index contributed by atoms with van der Waals surface area (Å²) in [5.74, 6) is 3.36. The minimum Gasteiger partial charge on any atom is -0.381 e. The molecular formula is C11H15NO2. The summed E-state index contributed by atoms with van der Waals surface area (Å²) in [6.07, 6.45) is 0.535. The van der Waals surface area contributed by atoms with E-state index in [0.717, 1.165) is 43.5 Å². The van der Waals surface area contributed by atoms with Crippen LogP contribution >= 0.6 is 0 Å². The zero-order valence-corrected chi connectivity index (χ0v) is 8.19. The molecule has 5 atom stereocenters. The van der Waals surface area contributed by atoms with Crippen LogP contribution in [0, 0.1) is 23.7 Å². The van der Waals surface area contributed by atoms with Gasteiger partial charge in [-0.1, -0.05) is 0 Å². The monoisotopic (exact) mass is 193 g/mol. The van der Waals surface area contributed by atoms with Crippen molar-refractivity contribution in [3.8, 4) is 0 Å². The van der Waals surface area contributed by atoms with Crippen LogP contribution in [0.25, 0.3) is 0 Å². The Kier molecular flexibility index (Phi) is 0.981. The third-order valence-corrected chi connectivity index (χ3v) is 5.64. The van der Waals surface area contributed by atoms with Crippen LogP contribution in [0.15, 0.2) is 0 Å². The number of rotatable bonds is 0. The normalized spacial score (nSPS) is 72.0. The molecule has 5 heterocycles. The molecule has 14 heavy (non-hydrogen) atoms. The average Bonchev–Trinajstić information content (AvgIpc) is 2.67. The Morgan fingerprint density at radius 2 is 2.00 bits per heavy atom. The van der Waals surface area contributed by atoms with Gasteiger partial charge in [-0.05, 0) is 5.92 Å². The fraction of sp³-hybridized carbons (Fsp3) is 1.00. The molecule has 0 aromatic heterocycles. The quantitative estimate of drug-likeness (QED) is 0.539. The van der Waals surface area contributed by atoms with E-state index in [1.165, 1.54) is 13.1 Å². The Hall–Kier alpha value is -0.120. The average molecular weight is 193 g/mol. The molecule has 0 aromatic rings. The van der Waals surface area contributed by atoms with Crippen LogP contribution in [0.1, 0.15) is 0 Å². The van der Waals surface area contributed by atoms with E-state index in [1.807, 2.05) is 0 Å². The topological polar surface area (TPSA) is 21.7 Å². The molecule has 3 nitrogen and oxygen atoms in total. The molecule has 0 aromatic carbocycles. The number of ether oxygens (including phenoxy) is 2. The fourth-order valence-corrected chi connectivity index (χ4v) is 5.11. The van der Waals surface area contributed by atoms with E-state index in [4.69, 9.17) is 9.47 Å². The standard InChI is InChI=1S/C11H15NO2/c1-6-2-12(1)11-8(6)5-14-10(11)7-3-13-4-9(7)11/h6-10H,1-5H2. The molecule has 6 rings (SSSR count). The van der Waals surface area contributed by atoms with E-state index < -0.39 is 0 Å². The molecule has 5 unspecified atom stereocenters. The van der Waals surface area contributed by atoms with Crippen LogP contribution in [0.3, 0.4) is 0 Å². The molecule has 1 aliphatic carbocycles. The first kappa shape index (κ1) is 7.20. The molecular weight excluding hydrogens is 178 g/mol. The summed E-state index contributed by atoms with van der Waals surface area (Å²) in [6, 6.07) is 0. The van der Waals surface area contributed by atoms with Crippen LogP contribution in [0.2, 0.25) is 0 Å². The molecule has 1 spiro atoms. The van der Waals surface area contributed by atoms with Gasteiger partial charge in [0.25, 0.3) is 0 Å². The molecule has 3 heteroatoms. The Balaban J connectivity index is 1.67. The second-order valence-electron chi connectivity index (χ2n) is 5.72. The van der Waals surface area contributed by atoms with Gasteiger partial charge in [0.1, 0.15) is 0 Å². The fourth-order valence-electron chi connectivity index (χ4n) is 5.11. The zero-order valence-electron chi connectivity index (χ0n) is 8.19. The number of hydrogen-bond acceptors (Lipinski definition) is 3. The second-order valence-corrected chi connectivity index (χ2v) is 5.72. The van der Waals surface area contributed by atoms with Gasteiger partial charge in [-0.2, -0.15) is 0 Å². The van der Waals surface area contributed by atoms with Crippen molar-refractivity contribution in [2.75, 3.05) is 32.9 Å². The Morgan fingerprint density at radius 1 is 1.07 bits per heavy atom. The van der Waals surface area contributed by atoms with Gasteiger partial charge >= 0.3 is 0 Å². The van der Waals surface area contributed by atoms with Gasteiger partial charge in [0.2, 0.25) is 0 Å². The third-order valence-electron chi connectivity index (χ3n) is 5.64. The maximum atomic E-state index is 6.00. The van der Waals surface area contributed by atoms with Crippen molar-refractivity contribution in [2.45, 2.75) is 11.6 Å². The molecule has 76 valence electrons. The van der Waals surface area contributed by atoms with Crippen molar-refractivity contribution < 1.29 is 9.47 Å². The van der Waals surface area contributed by atoms with E-state index in [-0.39, 0.29) is 0 Å². The predicted octanol–water partition coefficient (Wildman–Crippen LogP) is -0.0382. The van der Waals surface area contributed by atoms with Crippen molar-refractivity contribution >= 4 is 0 Å². The molecule has 6 fully saturated rings. The minimum atomic E-state index is 0.464. The summed E-state index contributed by atoms with van der Waals surface area (Å²) in [4.78, 5) is 2.70. The predicted molar refractivity (Wildman–Crippen MR) is 48.8 cm³/mol.